The second-order valence-electron chi connectivity index (χ2n) is 7.42. The lowest BCUT2D eigenvalue weighted by Crippen LogP contribution is -2.41. The van der Waals surface area contributed by atoms with Gasteiger partial charge in [0, 0.05) is 17.3 Å². The second kappa shape index (κ2) is 10.1. The Hall–Kier alpha value is -4.34. The Bertz CT molecular complexity index is 1190. The number of hydrogen-bond acceptors (Lipinski definition) is 8. The van der Waals surface area contributed by atoms with E-state index in [2.05, 4.69) is 15.6 Å². The third kappa shape index (κ3) is 4.85. The summed E-state index contributed by atoms with van der Waals surface area (Å²) in [7, 11) is 3.13. The molecule has 2 aromatic carbocycles. The molecule has 1 aliphatic heterocycles. The largest absolute Gasteiger partial charge is 0.493 e. The van der Waals surface area contributed by atoms with E-state index in [9.17, 15) is 9.59 Å². The summed E-state index contributed by atoms with van der Waals surface area (Å²) in [5.41, 5.74) is 2.78. The molecule has 1 N–H and O–H groups in total. The average Bonchev–Trinajstić information content (AvgIpc) is 3.41. The van der Waals surface area contributed by atoms with Gasteiger partial charge < -0.3 is 24.1 Å². The number of ether oxygens (including phenoxy) is 3. The molecule has 0 spiro atoms. The Labute approximate surface area is 196 Å². The average molecular weight is 464 g/mol. The predicted octanol–water partition coefficient (Wildman–Crippen LogP) is 4.08. The van der Waals surface area contributed by atoms with Crippen molar-refractivity contribution >= 4 is 23.4 Å². The number of hydrogen-bond donors (Lipinski definition) is 1. The molecule has 1 atom stereocenters. The Morgan fingerprint density at radius 2 is 1.85 bits per heavy atom. The van der Waals surface area contributed by atoms with Crippen molar-refractivity contribution in [1.82, 2.24) is 10.2 Å². The first-order valence-electron chi connectivity index (χ1n) is 10.6. The molecule has 0 aliphatic carbocycles. The quantitative estimate of drug-likeness (QED) is 0.534. The van der Waals surface area contributed by atoms with E-state index in [4.69, 9.17) is 18.7 Å². The topological polar surface area (TPSA) is 115 Å². The molecule has 34 heavy (non-hydrogen) atoms. The van der Waals surface area contributed by atoms with Gasteiger partial charge in [0.1, 0.15) is 11.8 Å². The molecular formula is C24H24N4O6. The summed E-state index contributed by atoms with van der Waals surface area (Å²) in [4.78, 5) is 24.7. The van der Waals surface area contributed by atoms with Gasteiger partial charge in [0.15, 0.2) is 11.5 Å². The highest BCUT2D eigenvalue weighted by Crippen LogP contribution is 2.30. The molecule has 10 heteroatoms. The molecule has 10 nitrogen and oxygen atoms in total. The van der Waals surface area contributed by atoms with Gasteiger partial charge in [-0.25, -0.2) is 4.79 Å². The minimum Gasteiger partial charge on any atom is -0.493 e. The summed E-state index contributed by atoms with van der Waals surface area (Å²) in [5.74, 6) is 0.867. The number of aromatic nitrogens is 1. The minimum atomic E-state index is -0.529. The zero-order valence-corrected chi connectivity index (χ0v) is 19.0. The Morgan fingerprint density at radius 3 is 2.50 bits per heavy atom. The van der Waals surface area contributed by atoms with Crippen molar-refractivity contribution in [2.45, 2.75) is 26.0 Å². The number of nitrogens with zero attached hydrogens (tertiary/aromatic N) is 3. The molecule has 1 unspecified atom stereocenters. The van der Waals surface area contributed by atoms with Crippen LogP contribution in [0.4, 0.5) is 10.5 Å². The number of anilines is 1. The van der Waals surface area contributed by atoms with Crippen LogP contribution in [0.25, 0.3) is 0 Å². The number of methoxy groups -OCH3 is 2. The Kier molecular flexibility index (Phi) is 6.77. The highest BCUT2D eigenvalue weighted by atomic mass is 16.6. The van der Waals surface area contributed by atoms with E-state index in [1.165, 1.54) is 17.3 Å². The molecule has 3 aromatic rings. The van der Waals surface area contributed by atoms with Gasteiger partial charge in [-0.05, 0) is 42.3 Å². The minimum absolute atomic E-state index is 0.114. The number of nitrogens with one attached hydrogen (secondary N) is 1. The summed E-state index contributed by atoms with van der Waals surface area (Å²) in [6.07, 6.45) is 0.969. The number of cyclic esters (lactones) is 1. The van der Waals surface area contributed by atoms with Crippen molar-refractivity contribution in [1.29, 1.82) is 0 Å². The molecule has 0 saturated carbocycles. The van der Waals surface area contributed by atoms with Crippen LogP contribution in [0.15, 0.2) is 64.4 Å². The Balaban J connectivity index is 1.53. The third-order valence-electron chi connectivity index (χ3n) is 5.24. The highest BCUT2D eigenvalue weighted by Gasteiger charge is 2.31. The number of hydrazone groups is 1. The molecule has 1 aromatic heterocycles. The SMILES string of the molecule is CCC1OC(=O)N(Cc2ccc(NC(=O)c3ccno3)cc2)N=C1c1ccc(OC)c(OC)c1. The molecule has 0 fully saturated rings. The van der Waals surface area contributed by atoms with Gasteiger partial charge in [0.2, 0.25) is 5.76 Å². The van der Waals surface area contributed by atoms with Crippen LogP contribution in [0.1, 0.15) is 35.0 Å². The van der Waals surface area contributed by atoms with Crippen LogP contribution in [0, 0.1) is 0 Å². The normalized spacial score (nSPS) is 15.4. The first-order valence-corrected chi connectivity index (χ1v) is 10.6. The summed E-state index contributed by atoms with van der Waals surface area (Å²) in [6, 6.07) is 14.0. The summed E-state index contributed by atoms with van der Waals surface area (Å²) >= 11 is 0. The number of amides is 2. The smallest absolute Gasteiger partial charge is 0.431 e. The Morgan fingerprint density at radius 1 is 1.09 bits per heavy atom. The fourth-order valence-corrected chi connectivity index (χ4v) is 3.48. The standard InChI is InChI=1S/C24H24N4O6/c1-4-18-22(16-7-10-19(31-2)21(13-16)32-3)27-28(24(30)33-18)14-15-5-8-17(9-6-15)26-23(29)20-11-12-25-34-20/h5-13,18H,4,14H2,1-3H3,(H,26,29). The van der Waals surface area contributed by atoms with Crippen molar-refractivity contribution < 1.29 is 28.3 Å². The third-order valence-corrected chi connectivity index (χ3v) is 5.24. The fraction of sp³-hybridized carbons (Fsp3) is 0.250. The van der Waals surface area contributed by atoms with E-state index in [1.54, 1.807) is 44.6 Å². The van der Waals surface area contributed by atoms with Crippen LogP contribution in [0.3, 0.4) is 0 Å². The van der Waals surface area contributed by atoms with Crippen LogP contribution >= 0.6 is 0 Å². The van der Waals surface area contributed by atoms with E-state index in [-0.39, 0.29) is 12.3 Å². The van der Waals surface area contributed by atoms with Gasteiger partial charge in [-0.1, -0.05) is 24.2 Å². The second-order valence-corrected chi connectivity index (χ2v) is 7.42. The number of carbonyl (C=O) groups is 2. The zero-order valence-electron chi connectivity index (χ0n) is 19.0. The molecule has 176 valence electrons. The lowest BCUT2D eigenvalue weighted by molar-refractivity contribution is 0.0712. The monoisotopic (exact) mass is 464 g/mol. The van der Waals surface area contributed by atoms with E-state index >= 15 is 0 Å². The fourth-order valence-electron chi connectivity index (χ4n) is 3.48. The van der Waals surface area contributed by atoms with Gasteiger partial charge in [-0.2, -0.15) is 10.1 Å². The van der Waals surface area contributed by atoms with Crippen LogP contribution in [-0.4, -0.2) is 48.2 Å². The van der Waals surface area contributed by atoms with Crippen molar-refractivity contribution in [3.63, 3.8) is 0 Å². The van der Waals surface area contributed by atoms with E-state index in [0.29, 0.717) is 29.3 Å². The number of carbonyl (C=O) groups excluding carboxylic acids is 2. The zero-order chi connectivity index (χ0) is 24.1. The molecule has 4 rings (SSSR count). The predicted molar refractivity (Wildman–Crippen MR) is 123 cm³/mol. The number of rotatable bonds is 8. The van der Waals surface area contributed by atoms with Gasteiger partial charge in [-0.3, -0.25) is 4.79 Å². The van der Waals surface area contributed by atoms with Crippen molar-refractivity contribution in [3.8, 4) is 11.5 Å². The van der Waals surface area contributed by atoms with Crippen molar-refractivity contribution in [3.05, 3.63) is 71.6 Å². The lowest BCUT2D eigenvalue weighted by atomic mass is 10.0. The van der Waals surface area contributed by atoms with Gasteiger partial charge in [0.25, 0.3) is 5.91 Å². The van der Waals surface area contributed by atoms with E-state index in [1.807, 2.05) is 19.1 Å². The summed E-state index contributed by atoms with van der Waals surface area (Å²) in [6.45, 7) is 2.12. The van der Waals surface area contributed by atoms with E-state index in [0.717, 1.165) is 11.1 Å². The summed E-state index contributed by atoms with van der Waals surface area (Å²) < 4.78 is 21.2. The molecule has 2 heterocycles. The first-order chi connectivity index (χ1) is 16.5. The summed E-state index contributed by atoms with van der Waals surface area (Å²) in [5, 5.41) is 12.1. The van der Waals surface area contributed by atoms with Crippen LogP contribution in [-0.2, 0) is 11.3 Å². The lowest BCUT2D eigenvalue weighted by Gasteiger charge is -2.29. The van der Waals surface area contributed by atoms with Gasteiger partial charge in [-0.15, -0.1) is 0 Å². The first kappa shape index (κ1) is 22.8. The highest BCUT2D eigenvalue weighted by molar-refractivity contribution is 6.06. The maximum absolute atomic E-state index is 12.6. The molecule has 2 amide bonds. The van der Waals surface area contributed by atoms with E-state index < -0.39 is 18.1 Å². The molecular weight excluding hydrogens is 440 g/mol. The molecule has 0 bridgehead atoms. The molecule has 0 saturated heterocycles. The van der Waals surface area contributed by atoms with Crippen LogP contribution < -0.4 is 14.8 Å². The maximum atomic E-state index is 12.6. The maximum Gasteiger partial charge on any atom is 0.431 e. The van der Waals surface area contributed by atoms with Crippen LogP contribution in [0.2, 0.25) is 0 Å². The van der Waals surface area contributed by atoms with Crippen molar-refractivity contribution in [2.75, 3.05) is 19.5 Å². The van der Waals surface area contributed by atoms with Gasteiger partial charge >= 0.3 is 6.09 Å². The number of benzene rings is 2. The molecule has 1 aliphatic rings. The van der Waals surface area contributed by atoms with Gasteiger partial charge in [0.05, 0.1) is 27.0 Å². The van der Waals surface area contributed by atoms with Crippen LogP contribution in [0.5, 0.6) is 11.5 Å². The van der Waals surface area contributed by atoms with Crippen molar-refractivity contribution in [2.24, 2.45) is 5.10 Å². The molecule has 0 radical (unpaired) electrons.